The molecule has 2 fully saturated rings. The van der Waals surface area contributed by atoms with E-state index in [4.69, 9.17) is 0 Å². The van der Waals surface area contributed by atoms with E-state index in [1.54, 1.807) is 6.92 Å². The molecule has 5 heteroatoms. The van der Waals surface area contributed by atoms with E-state index >= 15 is 0 Å². The van der Waals surface area contributed by atoms with E-state index in [1.807, 2.05) is 4.90 Å². The van der Waals surface area contributed by atoms with Gasteiger partial charge in [-0.15, -0.1) is 0 Å². The molecule has 3 rings (SSSR count). The van der Waals surface area contributed by atoms with Crippen LogP contribution in [0.5, 0.6) is 0 Å². The van der Waals surface area contributed by atoms with E-state index < -0.39 is 0 Å². The highest BCUT2D eigenvalue weighted by molar-refractivity contribution is 5.79. The number of rotatable bonds is 6. The van der Waals surface area contributed by atoms with Crippen LogP contribution >= 0.6 is 0 Å². The first-order chi connectivity index (χ1) is 13.1. The molecule has 1 N–H and O–H groups in total. The summed E-state index contributed by atoms with van der Waals surface area (Å²) in [6, 6.07) is 10.9. The van der Waals surface area contributed by atoms with Crippen molar-refractivity contribution in [3.8, 4) is 0 Å². The van der Waals surface area contributed by atoms with Crippen molar-refractivity contribution in [2.45, 2.75) is 51.5 Å². The Morgan fingerprint density at radius 3 is 2.33 bits per heavy atom. The Hall–Kier alpha value is -1.88. The van der Waals surface area contributed by atoms with E-state index in [-0.39, 0.29) is 17.7 Å². The Labute approximate surface area is 163 Å². The van der Waals surface area contributed by atoms with E-state index in [0.29, 0.717) is 25.7 Å². The summed E-state index contributed by atoms with van der Waals surface area (Å²) in [6.07, 6.45) is 6.35. The lowest BCUT2D eigenvalue weighted by molar-refractivity contribution is -0.134. The summed E-state index contributed by atoms with van der Waals surface area (Å²) in [6.45, 7) is 5.97. The molecular weight excluding hydrogens is 338 g/mol. The maximum atomic E-state index is 12.7. The van der Waals surface area contributed by atoms with Crippen LogP contribution in [0.25, 0.3) is 0 Å². The third-order valence-electron chi connectivity index (χ3n) is 6.04. The normalized spacial score (nSPS) is 20.3. The summed E-state index contributed by atoms with van der Waals surface area (Å²) in [5.74, 6) is 0.314. The molecule has 0 spiro atoms. The molecule has 5 nitrogen and oxygen atoms in total. The second kappa shape index (κ2) is 9.88. The van der Waals surface area contributed by atoms with Gasteiger partial charge >= 0.3 is 0 Å². The van der Waals surface area contributed by atoms with E-state index in [2.05, 4.69) is 40.5 Å². The number of piperidine rings is 2. The zero-order valence-electron chi connectivity index (χ0n) is 16.5. The molecule has 148 valence electrons. The molecule has 1 aromatic carbocycles. The number of carbonyl (C=O) groups excluding carboxylic acids is 2. The van der Waals surface area contributed by atoms with Gasteiger partial charge in [0.15, 0.2) is 0 Å². The number of amides is 2. The van der Waals surface area contributed by atoms with Gasteiger partial charge in [-0.1, -0.05) is 36.8 Å². The predicted octanol–water partition coefficient (Wildman–Crippen LogP) is 2.46. The fourth-order valence-corrected chi connectivity index (χ4v) is 4.32. The Kier molecular flexibility index (Phi) is 7.27. The highest BCUT2D eigenvalue weighted by Gasteiger charge is 2.27. The lowest BCUT2D eigenvalue weighted by Gasteiger charge is -2.35. The summed E-state index contributed by atoms with van der Waals surface area (Å²) >= 11 is 0. The van der Waals surface area contributed by atoms with Crippen LogP contribution in [0.4, 0.5) is 0 Å². The molecule has 1 aromatic rings. The van der Waals surface area contributed by atoms with Crippen LogP contribution in [-0.2, 0) is 16.0 Å². The van der Waals surface area contributed by atoms with Crippen molar-refractivity contribution in [3.05, 3.63) is 35.9 Å². The molecule has 27 heavy (non-hydrogen) atoms. The Morgan fingerprint density at radius 2 is 1.70 bits per heavy atom. The third-order valence-corrected chi connectivity index (χ3v) is 6.04. The van der Waals surface area contributed by atoms with Crippen LogP contribution in [0.15, 0.2) is 30.3 Å². The van der Waals surface area contributed by atoms with Gasteiger partial charge in [0.2, 0.25) is 11.8 Å². The lowest BCUT2D eigenvalue weighted by Crippen LogP contribution is -2.49. The van der Waals surface area contributed by atoms with Crippen LogP contribution in [0.1, 0.15) is 44.6 Å². The van der Waals surface area contributed by atoms with Crippen molar-refractivity contribution in [3.63, 3.8) is 0 Å². The zero-order chi connectivity index (χ0) is 19.1. The molecule has 1 unspecified atom stereocenters. The zero-order valence-corrected chi connectivity index (χ0v) is 16.5. The van der Waals surface area contributed by atoms with Crippen molar-refractivity contribution in [1.82, 2.24) is 15.1 Å². The third kappa shape index (κ3) is 5.80. The smallest absolute Gasteiger partial charge is 0.223 e. The minimum absolute atomic E-state index is 0.0410. The SMILES string of the molecule is CC(=O)N1CCC(C(=O)NCC(Cc2ccccc2)N2CCCCC2)CC1. The van der Waals surface area contributed by atoms with E-state index in [0.717, 1.165) is 32.4 Å². The molecule has 2 heterocycles. The van der Waals surface area contributed by atoms with Gasteiger partial charge in [0, 0.05) is 38.5 Å². The van der Waals surface area contributed by atoms with Gasteiger partial charge in [-0.25, -0.2) is 0 Å². The first-order valence-corrected chi connectivity index (χ1v) is 10.4. The quantitative estimate of drug-likeness (QED) is 0.836. The predicted molar refractivity (Wildman–Crippen MR) is 107 cm³/mol. The molecule has 1 atom stereocenters. The molecule has 0 aliphatic carbocycles. The highest BCUT2D eigenvalue weighted by atomic mass is 16.2. The van der Waals surface area contributed by atoms with Crippen LogP contribution in [0, 0.1) is 5.92 Å². The van der Waals surface area contributed by atoms with Gasteiger partial charge in [0.1, 0.15) is 0 Å². The first-order valence-electron chi connectivity index (χ1n) is 10.4. The average Bonchev–Trinajstić information content (AvgIpc) is 2.72. The molecule has 2 aliphatic rings. The fourth-order valence-electron chi connectivity index (χ4n) is 4.32. The second-order valence-electron chi connectivity index (χ2n) is 7.97. The standard InChI is InChI=1S/C22H33N3O2/c1-18(26)24-14-10-20(11-15-24)22(27)23-17-21(25-12-6-3-7-13-25)16-19-8-4-2-5-9-19/h2,4-5,8-9,20-21H,3,6-7,10-17H2,1H3,(H,23,27). The van der Waals surface area contributed by atoms with Gasteiger partial charge in [-0.3, -0.25) is 14.5 Å². The molecule has 2 amide bonds. The van der Waals surface area contributed by atoms with Gasteiger partial charge < -0.3 is 10.2 Å². The second-order valence-corrected chi connectivity index (χ2v) is 7.97. The van der Waals surface area contributed by atoms with Crippen molar-refractivity contribution < 1.29 is 9.59 Å². The summed E-state index contributed by atoms with van der Waals surface area (Å²) in [5, 5.41) is 3.23. The van der Waals surface area contributed by atoms with E-state index in [1.165, 1.54) is 24.8 Å². The number of benzene rings is 1. The summed E-state index contributed by atoms with van der Waals surface area (Å²) in [5.41, 5.74) is 1.33. The maximum absolute atomic E-state index is 12.7. The van der Waals surface area contributed by atoms with Crippen LogP contribution in [0.3, 0.4) is 0 Å². The number of carbonyl (C=O) groups is 2. The summed E-state index contributed by atoms with van der Waals surface area (Å²) in [4.78, 5) is 28.5. The Balaban J connectivity index is 1.54. The molecule has 0 aromatic heterocycles. The summed E-state index contributed by atoms with van der Waals surface area (Å²) < 4.78 is 0. The molecule has 0 bridgehead atoms. The van der Waals surface area contributed by atoms with Crippen molar-refractivity contribution in [2.24, 2.45) is 5.92 Å². The van der Waals surface area contributed by atoms with Gasteiger partial charge in [0.25, 0.3) is 0 Å². The largest absolute Gasteiger partial charge is 0.354 e. The van der Waals surface area contributed by atoms with Crippen LogP contribution < -0.4 is 5.32 Å². The van der Waals surface area contributed by atoms with E-state index in [9.17, 15) is 9.59 Å². The van der Waals surface area contributed by atoms with Crippen LogP contribution in [0.2, 0.25) is 0 Å². The fraction of sp³-hybridized carbons (Fsp3) is 0.636. The average molecular weight is 372 g/mol. The van der Waals surface area contributed by atoms with Crippen molar-refractivity contribution >= 4 is 11.8 Å². The molecular formula is C22H33N3O2. The number of nitrogens with one attached hydrogen (secondary N) is 1. The topological polar surface area (TPSA) is 52.7 Å². The van der Waals surface area contributed by atoms with Gasteiger partial charge in [-0.05, 0) is 50.8 Å². The molecule has 2 saturated heterocycles. The van der Waals surface area contributed by atoms with Gasteiger partial charge in [0.05, 0.1) is 0 Å². The Morgan fingerprint density at radius 1 is 1.04 bits per heavy atom. The van der Waals surface area contributed by atoms with Crippen molar-refractivity contribution in [1.29, 1.82) is 0 Å². The van der Waals surface area contributed by atoms with Crippen LogP contribution in [-0.4, -0.2) is 60.4 Å². The summed E-state index contributed by atoms with van der Waals surface area (Å²) in [7, 11) is 0. The minimum atomic E-state index is 0.0410. The number of nitrogens with zero attached hydrogens (tertiary/aromatic N) is 2. The Bertz CT molecular complexity index is 605. The molecule has 0 saturated carbocycles. The number of hydrogen-bond donors (Lipinski definition) is 1. The van der Waals surface area contributed by atoms with Crippen molar-refractivity contribution in [2.75, 3.05) is 32.7 Å². The highest BCUT2D eigenvalue weighted by Crippen LogP contribution is 2.19. The number of hydrogen-bond acceptors (Lipinski definition) is 3. The molecule has 2 aliphatic heterocycles. The lowest BCUT2D eigenvalue weighted by atomic mass is 9.95. The monoisotopic (exact) mass is 371 g/mol. The number of likely N-dealkylation sites (tertiary alicyclic amines) is 2. The first kappa shape index (κ1) is 19.9. The maximum Gasteiger partial charge on any atom is 0.223 e. The minimum Gasteiger partial charge on any atom is -0.354 e. The van der Waals surface area contributed by atoms with Gasteiger partial charge in [-0.2, -0.15) is 0 Å². The molecule has 0 radical (unpaired) electrons.